The molecule has 0 fully saturated rings. The molecular formula is C23H30O5. The summed E-state index contributed by atoms with van der Waals surface area (Å²) in [5.74, 6) is 1.02. The third-order valence-electron chi connectivity index (χ3n) is 5.07. The van der Waals surface area contributed by atoms with E-state index in [9.17, 15) is 9.90 Å². The molecule has 28 heavy (non-hydrogen) atoms. The molecule has 0 saturated heterocycles. The lowest BCUT2D eigenvalue weighted by atomic mass is 9.85. The van der Waals surface area contributed by atoms with Crippen LogP contribution >= 0.6 is 0 Å². The quantitative estimate of drug-likeness (QED) is 0.552. The number of ether oxygens (including phenoxy) is 3. The van der Waals surface area contributed by atoms with E-state index in [1.54, 1.807) is 27.4 Å². The summed E-state index contributed by atoms with van der Waals surface area (Å²) in [4.78, 5) is 11.4. The first kappa shape index (κ1) is 21.6. The normalized spacial score (nSPS) is 11.8. The van der Waals surface area contributed by atoms with Gasteiger partial charge in [-0.05, 0) is 48.2 Å². The molecule has 152 valence electrons. The first-order valence-electron chi connectivity index (χ1n) is 9.60. The van der Waals surface area contributed by atoms with Gasteiger partial charge in [0.25, 0.3) is 0 Å². The summed E-state index contributed by atoms with van der Waals surface area (Å²) in [5, 5.41) is 9.33. The van der Waals surface area contributed by atoms with Gasteiger partial charge in [0.05, 0.1) is 26.9 Å². The highest BCUT2D eigenvalue weighted by molar-refractivity contribution is 5.89. The number of carboxylic acids is 1. The van der Waals surface area contributed by atoms with E-state index in [0.717, 1.165) is 42.4 Å². The summed E-state index contributed by atoms with van der Waals surface area (Å²) < 4.78 is 16.5. The van der Waals surface area contributed by atoms with E-state index < -0.39 is 5.97 Å². The molecule has 1 N–H and O–H groups in total. The summed E-state index contributed by atoms with van der Waals surface area (Å²) in [6.45, 7) is 4.02. The number of benzene rings is 2. The lowest BCUT2D eigenvalue weighted by molar-refractivity contribution is 0.0696. The van der Waals surface area contributed by atoms with E-state index in [0.29, 0.717) is 22.8 Å². The Morgan fingerprint density at radius 2 is 1.61 bits per heavy atom. The standard InChI is InChI=1S/C23H30O5/c1-6-7-8-9-19(16-10-11-18(23(24)25)15(2)12-16)17-13-20(26-3)22(28-5)21(14-17)27-4/h10-14,19H,6-9H2,1-5H3,(H,24,25). The summed E-state index contributed by atoms with van der Waals surface area (Å²) in [7, 11) is 4.81. The van der Waals surface area contributed by atoms with Gasteiger partial charge in [0.15, 0.2) is 11.5 Å². The first-order chi connectivity index (χ1) is 13.5. The second kappa shape index (κ2) is 10.0. The van der Waals surface area contributed by atoms with Crippen molar-refractivity contribution < 1.29 is 24.1 Å². The highest BCUT2D eigenvalue weighted by atomic mass is 16.5. The molecule has 0 aromatic heterocycles. The van der Waals surface area contributed by atoms with Crippen molar-refractivity contribution in [3.05, 3.63) is 52.6 Å². The third-order valence-corrected chi connectivity index (χ3v) is 5.07. The van der Waals surface area contributed by atoms with Gasteiger partial charge in [-0.2, -0.15) is 0 Å². The van der Waals surface area contributed by atoms with Crippen molar-refractivity contribution in [2.75, 3.05) is 21.3 Å². The monoisotopic (exact) mass is 386 g/mol. The molecule has 1 unspecified atom stereocenters. The highest BCUT2D eigenvalue weighted by Gasteiger charge is 2.21. The number of hydrogen-bond donors (Lipinski definition) is 1. The Morgan fingerprint density at radius 1 is 0.964 bits per heavy atom. The molecule has 0 aliphatic rings. The van der Waals surface area contributed by atoms with Gasteiger partial charge in [0.1, 0.15) is 0 Å². The Labute approximate surface area is 167 Å². The van der Waals surface area contributed by atoms with E-state index >= 15 is 0 Å². The van der Waals surface area contributed by atoms with Gasteiger partial charge in [0.2, 0.25) is 5.75 Å². The van der Waals surface area contributed by atoms with E-state index in [1.165, 1.54) is 0 Å². The second-order valence-electron chi connectivity index (χ2n) is 6.89. The van der Waals surface area contributed by atoms with Crippen LogP contribution in [-0.4, -0.2) is 32.4 Å². The maximum Gasteiger partial charge on any atom is 0.335 e. The molecule has 0 spiro atoms. The molecule has 0 aliphatic carbocycles. The van der Waals surface area contributed by atoms with Gasteiger partial charge in [-0.25, -0.2) is 4.79 Å². The van der Waals surface area contributed by atoms with E-state index in [1.807, 2.05) is 31.2 Å². The zero-order valence-electron chi connectivity index (χ0n) is 17.4. The molecule has 5 heteroatoms. The van der Waals surface area contributed by atoms with Crippen LogP contribution < -0.4 is 14.2 Å². The van der Waals surface area contributed by atoms with Gasteiger partial charge in [-0.3, -0.25) is 0 Å². The van der Waals surface area contributed by atoms with E-state index in [-0.39, 0.29) is 5.92 Å². The molecule has 0 bridgehead atoms. The minimum absolute atomic E-state index is 0.113. The predicted molar refractivity (Wildman–Crippen MR) is 110 cm³/mol. The van der Waals surface area contributed by atoms with Gasteiger partial charge in [0, 0.05) is 5.92 Å². The number of aryl methyl sites for hydroxylation is 1. The maximum atomic E-state index is 11.4. The number of rotatable bonds is 10. The number of aromatic carboxylic acids is 1. The van der Waals surface area contributed by atoms with Crippen LogP contribution in [0, 0.1) is 6.92 Å². The fourth-order valence-corrected chi connectivity index (χ4v) is 3.57. The van der Waals surface area contributed by atoms with Crippen molar-refractivity contribution >= 4 is 5.97 Å². The molecular weight excluding hydrogens is 356 g/mol. The molecule has 0 aliphatic heterocycles. The fraction of sp³-hybridized carbons (Fsp3) is 0.435. The molecule has 2 rings (SSSR count). The first-order valence-corrected chi connectivity index (χ1v) is 9.60. The molecule has 0 heterocycles. The molecule has 0 saturated carbocycles. The lowest BCUT2D eigenvalue weighted by Gasteiger charge is -2.22. The van der Waals surface area contributed by atoms with Crippen molar-refractivity contribution in [1.29, 1.82) is 0 Å². The van der Waals surface area contributed by atoms with Crippen LogP contribution in [0.5, 0.6) is 17.2 Å². The van der Waals surface area contributed by atoms with E-state index in [2.05, 4.69) is 6.92 Å². The smallest absolute Gasteiger partial charge is 0.335 e. The van der Waals surface area contributed by atoms with Crippen molar-refractivity contribution in [1.82, 2.24) is 0 Å². The summed E-state index contributed by atoms with van der Waals surface area (Å²) in [6, 6.07) is 9.55. The Balaban J connectivity index is 2.54. The summed E-state index contributed by atoms with van der Waals surface area (Å²) >= 11 is 0. The zero-order chi connectivity index (χ0) is 20.7. The lowest BCUT2D eigenvalue weighted by Crippen LogP contribution is -2.06. The fourth-order valence-electron chi connectivity index (χ4n) is 3.57. The number of carboxylic acid groups (broad SMARTS) is 1. The van der Waals surface area contributed by atoms with Crippen molar-refractivity contribution in [3.63, 3.8) is 0 Å². The predicted octanol–water partition coefficient (Wildman–Crippen LogP) is 5.43. The molecule has 1 atom stereocenters. The Kier molecular flexibility index (Phi) is 7.73. The number of unbranched alkanes of at least 4 members (excludes halogenated alkanes) is 2. The van der Waals surface area contributed by atoms with Crippen LogP contribution in [0.4, 0.5) is 0 Å². The van der Waals surface area contributed by atoms with Crippen molar-refractivity contribution in [3.8, 4) is 17.2 Å². The number of hydrogen-bond acceptors (Lipinski definition) is 4. The van der Waals surface area contributed by atoms with Gasteiger partial charge < -0.3 is 19.3 Å². The van der Waals surface area contributed by atoms with Crippen LogP contribution in [0.15, 0.2) is 30.3 Å². The summed E-state index contributed by atoms with van der Waals surface area (Å²) in [6.07, 6.45) is 4.32. The molecule has 0 radical (unpaired) electrons. The van der Waals surface area contributed by atoms with Crippen LogP contribution in [0.1, 0.15) is 65.6 Å². The van der Waals surface area contributed by atoms with E-state index in [4.69, 9.17) is 14.2 Å². The average molecular weight is 386 g/mol. The topological polar surface area (TPSA) is 65.0 Å². The maximum absolute atomic E-state index is 11.4. The number of methoxy groups -OCH3 is 3. The van der Waals surface area contributed by atoms with Gasteiger partial charge >= 0.3 is 5.97 Å². The third kappa shape index (κ3) is 4.77. The highest BCUT2D eigenvalue weighted by Crippen LogP contribution is 2.42. The van der Waals surface area contributed by atoms with Crippen LogP contribution in [-0.2, 0) is 0 Å². The van der Waals surface area contributed by atoms with Crippen LogP contribution in [0.3, 0.4) is 0 Å². The average Bonchev–Trinajstić information content (AvgIpc) is 2.69. The number of carbonyl (C=O) groups is 1. The summed E-state index contributed by atoms with van der Waals surface area (Å²) in [5.41, 5.74) is 3.25. The Morgan fingerprint density at radius 3 is 2.07 bits per heavy atom. The Bertz CT molecular complexity index is 788. The minimum atomic E-state index is -0.903. The van der Waals surface area contributed by atoms with Crippen molar-refractivity contribution in [2.45, 2.75) is 45.4 Å². The minimum Gasteiger partial charge on any atom is -0.493 e. The second-order valence-corrected chi connectivity index (χ2v) is 6.89. The van der Waals surface area contributed by atoms with Gasteiger partial charge in [-0.1, -0.05) is 38.3 Å². The van der Waals surface area contributed by atoms with Crippen molar-refractivity contribution in [2.24, 2.45) is 0 Å². The van der Waals surface area contributed by atoms with Crippen LogP contribution in [0.25, 0.3) is 0 Å². The molecule has 0 amide bonds. The molecule has 2 aromatic rings. The van der Waals surface area contributed by atoms with Crippen LogP contribution in [0.2, 0.25) is 0 Å². The molecule has 2 aromatic carbocycles. The van der Waals surface area contributed by atoms with Gasteiger partial charge in [-0.15, -0.1) is 0 Å². The Hall–Kier alpha value is -2.69. The zero-order valence-corrected chi connectivity index (χ0v) is 17.4. The molecule has 5 nitrogen and oxygen atoms in total. The largest absolute Gasteiger partial charge is 0.493 e. The SMILES string of the molecule is CCCCCC(c1ccc(C(=O)O)c(C)c1)c1cc(OC)c(OC)c(OC)c1.